The molecule has 1 heterocycles. The molecule has 0 spiro atoms. The number of halogens is 1. The predicted octanol–water partition coefficient (Wildman–Crippen LogP) is 4.10. The molecule has 1 saturated heterocycles. The first kappa shape index (κ1) is 18.8. The largest absolute Gasteiger partial charge is 0.481 e. The van der Waals surface area contributed by atoms with Crippen LogP contribution in [0.5, 0.6) is 0 Å². The van der Waals surface area contributed by atoms with Crippen LogP contribution in [0.1, 0.15) is 44.9 Å². The highest BCUT2D eigenvalue weighted by Crippen LogP contribution is 2.31. The van der Waals surface area contributed by atoms with Gasteiger partial charge in [-0.1, -0.05) is 11.6 Å². The quantitative estimate of drug-likeness (QED) is 0.735. The number of amides is 2. The van der Waals surface area contributed by atoms with Gasteiger partial charge in [-0.2, -0.15) is 0 Å². The lowest BCUT2D eigenvalue weighted by Gasteiger charge is -2.31. The van der Waals surface area contributed by atoms with Crippen molar-refractivity contribution in [1.82, 2.24) is 5.32 Å². The van der Waals surface area contributed by atoms with E-state index in [-0.39, 0.29) is 18.0 Å². The molecule has 7 heteroatoms. The molecule has 1 aliphatic carbocycles. The number of aliphatic carboxylic acids is 1. The van der Waals surface area contributed by atoms with Crippen molar-refractivity contribution < 1.29 is 14.7 Å². The number of benzene rings is 1. The molecule has 0 unspecified atom stereocenters. The fourth-order valence-corrected chi connectivity index (χ4v) is 4.02. The second-order valence-electron chi connectivity index (χ2n) is 7.19. The summed E-state index contributed by atoms with van der Waals surface area (Å²) in [7, 11) is 0. The zero-order chi connectivity index (χ0) is 18.5. The summed E-state index contributed by atoms with van der Waals surface area (Å²) < 4.78 is 0. The minimum Gasteiger partial charge on any atom is -0.481 e. The predicted molar refractivity (Wildman–Crippen MR) is 103 cm³/mol. The van der Waals surface area contributed by atoms with E-state index in [0.29, 0.717) is 30.7 Å². The van der Waals surface area contributed by atoms with E-state index in [9.17, 15) is 9.59 Å². The van der Waals surface area contributed by atoms with Gasteiger partial charge in [-0.3, -0.25) is 4.79 Å². The van der Waals surface area contributed by atoms with Gasteiger partial charge in [0.05, 0.1) is 17.3 Å². The Hall–Kier alpha value is -1.95. The first-order valence-electron chi connectivity index (χ1n) is 9.38. The van der Waals surface area contributed by atoms with Gasteiger partial charge in [0.15, 0.2) is 0 Å². The van der Waals surface area contributed by atoms with Crippen LogP contribution in [0.15, 0.2) is 18.2 Å². The van der Waals surface area contributed by atoms with Crippen molar-refractivity contribution in [2.75, 3.05) is 23.3 Å². The Balaban J connectivity index is 1.60. The van der Waals surface area contributed by atoms with Crippen LogP contribution in [0.4, 0.5) is 16.2 Å². The van der Waals surface area contributed by atoms with Crippen LogP contribution in [0.25, 0.3) is 0 Å². The lowest BCUT2D eigenvalue weighted by atomic mass is 9.86. The van der Waals surface area contributed by atoms with Crippen molar-refractivity contribution in [1.29, 1.82) is 0 Å². The van der Waals surface area contributed by atoms with Crippen molar-refractivity contribution in [3.63, 3.8) is 0 Å². The van der Waals surface area contributed by atoms with Gasteiger partial charge in [-0.05, 0) is 63.1 Å². The zero-order valence-electron chi connectivity index (χ0n) is 14.8. The molecule has 0 bridgehead atoms. The van der Waals surface area contributed by atoms with Gasteiger partial charge in [-0.25, -0.2) is 4.79 Å². The molecule has 142 valence electrons. The molecular formula is C19H26ClN3O3. The smallest absolute Gasteiger partial charge is 0.319 e. The molecule has 2 fully saturated rings. The van der Waals surface area contributed by atoms with Crippen molar-refractivity contribution in [2.45, 2.75) is 51.0 Å². The van der Waals surface area contributed by atoms with Gasteiger partial charge < -0.3 is 20.6 Å². The molecule has 0 atom stereocenters. The van der Waals surface area contributed by atoms with Gasteiger partial charge in [0, 0.05) is 24.2 Å². The van der Waals surface area contributed by atoms with E-state index in [1.807, 2.05) is 12.1 Å². The molecule has 1 aliphatic heterocycles. The van der Waals surface area contributed by atoms with Crippen LogP contribution in [0, 0.1) is 5.92 Å². The summed E-state index contributed by atoms with van der Waals surface area (Å²) in [6.45, 7) is 1.97. The second-order valence-corrected chi connectivity index (χ2v) is 7.63. The molecule has 1 aromatic carbocycles. The van der Waals surface area contributed by atoms with Crippen LogP contribution in [-0.4, -0.2) is 36.2 Å². The monoisotopic (exact) mass is 379 g/mol. The number of piperidine rings is 1. The normalized spacial score (nSPS) is 23.3. The highest BCUT2D eigenvalue weighted by molar-refractivity contribution is 6.31. The third-order valence-electron chi connectivity index (χ3n) is 5.32. The number of rotatable bonds is 4. The van der Waals surface area contributed by atoms with Gasteiger partial charge in [0.2, 0.25) is 0 Å². The van der Waals surface area contributed by atoms with E-state index in [1.165, 1.54) is 6.42 Å². The second kappa shape index (κ2) is 8.62. The Morgan fingerprint density at radius 3 is 2.42 bits per heavy atom. The number of nitrogens with zero attached hydrogens (tertiary/aromatic N) is 1. The van der Waals surface area contributed by atoms with Crippen LogP contribution < -0.4 is 15.5 Å². The van der Waals surface area contributed by atoms with Gasteiger partial charge in [0.25, 0.3) is 0 Å². The van der Waals surface area contributed by atoms with Crippen LogP contribution >= 0.6 is 11.6 Å². The number of hydrogen-bond acceptors (Lipinski definition) is 3. The van der Waals surface area contributed by atoms with Gasteiger partial charge in [0.1, 0.15) is 0 Å². The third-order valence-corrected chi connectivity index (χ3v) is 5.55. The van der Waals surface area contributed by atoms with Crippen LogP contribution in [0.3, 0.4) is 0 Å². The number of carboxylic acid groups (broad SMARTS) is 1. The number of hydrogen-bond donors (Lipinski definition) is 3. The van der Waals surface area contributed by atoms with Crippen LogP contribution in [-0.2, 0) is 4.79 Å². The molecule has 3 N–H and O–H groups in total. The Bertz CT molecular complexity index is 653. The molecule has 2 amide bonds. The Morgan fingerprint density at radius 1 is 1.08 bits per heavy atom. The summed E-state index contributed by atoms with van der Waals surface area (Å²) in [6, 6.07) is 5.35. The van der Waals surface area contributed by atoms with E-state index in [4.69, 9.17) is 16.7 Å². The van der Waals surface area contributed by atoms with Gasteiger partial charge in [-0.15, -0.1) is 0 Å². The summed E-state index contributed by atoms with van der Waals surface area (Å²) in [6.07, 6.45) is 6.15. The minimum atomic E-state index is -0.738. The summed E-state index contributed by atoms with van der Waals surface area (Å²) in [5, 5.41) is 15.6. The van der Waals surface area contributed by atoms with Crippen molar-refractivity contribution in [2.24, 2.45) is 5.92 Å². The lowest BCUT2D eigenvalue weighted by Crippen LogP contribution is -2.41. The first-order chi connectivity index (χ1) is 12.5. The highest BCUT2D eigenvalue weighted by Gasteiger charge is 2.27. The van der Waals surface area contributed by atoms with E-state index in [0.717, 1.165) is 37.3 Å². The number of carbonyl (C=O) groups excluding carboxylic acids is 1. The summed E-state index contributed by atoms with van der Waals surface area (Å²) >= 11 is 6.13. The van der Waals surface area contributed by atoms with Crippen molar-refractivity contribution in [3.8, 4) is 0 Å². The van der Waals surface area contributed by atoms with Gasteiger partial charge >= 0.3 is 12.0 Å². The van der Waals surface area contributed by atoms with Crippen LogP contribution in [0.2, 0.25) is 5.02 Å². The lowest BCUT2D eigenvalue weighted by molar-refractivity contribution is -0.142. The molecule has 0 aromatic heterocycles. The van der Waals surface area contributed by atoms with E-state index in [2.05, 4.69) is 15.5 Å². The maximum Gasteiger partial charge on any atom is 0.319 e. The highest BCUT2D eigenvalue weighted by atomic mass is 35.5. The molecule has 2 aliphatic rings. The molecule has 26 heavy (non-hydrogen) atoms. The average molecular weight is 380 g/mol. The maximum atomic E-state index is 12.4. The van der Waals surface area contributed by atoms with E-state index in [1.54, 1.807) is 6.07 Å². The number of urea groups is 1. The first-order valence-corrected chi connectivity index (χ1v) is 9.75. The number of carbonyl (C=O) groups is 2. The molecule has 1 aromatic rings. The van der Waals surface area contributed by atoms with Crippen molar-refractivity contribution >= 4 is 35.0 Å². The standard InChI is InChI=1S/C19H26ClN3O3/c20-14-6-9-17(23-10-2-1-3-11-23)16(12-14)22-19(26)21-15-7-4-13(5-8-15)18(24)25/h6,9,12-13,15H,1-5,7-8,10-11H2,(H,24,25)(H2,21,22,26). The summed E-state index contributed by atoms with van der Waals surface area (Å²) in [5.41, 5.74) is 1.72. The average Bonchev–Trinajstić information content (AvgIpc) is 2.63. The Morgan fingerprint density at radius 2 is 1.77 bits per heavy atom. The SMILES string of the molecule is O=C(Nc1cc(Cl)ccc1N1CCCCC1)NC1CCC(C(=O)O)CC1. The molecule has 3 rings (SSSR count). The topological polar surface area (TPSA) is 81.7 Å². The summed E-state index contributed by atoms with van der Waals surface area (Å²) in [5.74, 6) is -1.02. The van der Waals surface area contributed by atoms with E-state index < -0.39 is 5.97 Å². The zero-order valence-corrected chi connectivity index (χ0v) is 15.6. The number of carboxylic acids is 1. The molecule has 6 nitrogen and oxygen atoms in total. The molecular weight excluding hydrogens is 354 g/mol. The number of anilines is 2. The summed E-state index contributed by atoms with van der Waals surface area (Å²) in [4.78, 5) is 25.8. The maximum absolute atomic E-state index is 12.4. The third kappa shape index (κ3) is 4.81. The fourth-order valence-electron chi connectivity index (χ4n) is 3.85. The molecule has 1 saturated carbocycles. The Labute approximate surface area is 158 Å². The fraction of sp³-hybridized carbons (Fsp3) is 0.579. The van der Waals surface area contributed by atoms with Crippen molar-refractivity contribution in [3.05, 3.63) is 23.2 Å². The minimum absolute atomic E-state index is 0.0169. The number of nitrogens with one attached hydrogen (secondary N) is 2. The van der Waals surface area contributed by atoms with E-state index >= 15 is 0 Å². The Kier molecular flexibility index (Phi) is 6.25. The molecule has 0 radical (unpaired) electrons.